The molecule has 0 fully saturated rings. The normalized spacial score (nSPS) is 11.3. The Hall–Kier alpha value is -1.63. The SMILES string of the molecule is CC(C)c1cccc(C(C)C)c1-c1cc[n+](C)cc1. The number of aryl methyl sites for hydroxylation is 1. The summed E-state index contributed by atoms with van der Waals surface area (Å²) < 4.78 is 2.08. The molecule has 1 aromatic heterocycles. The Balaban J connectivity index is 2.67. The minimum Gasteiger partial charge on any atom is -0.208 e. The highest BCUT2D eigenvalue weighted by Gasteiger charge is 2.15. The first kappa shape index (κ1) is 13.8. The molecule has 0 bridgehead atoms. The number of benzene rings is 1. The van der Waals surface area contributed by atoms with Crippen molar-refractivity contribution >= 4 is 0 Å². The van der Waals surface area contributed by atoms with E-state index in [9.17, 15) is 0 Å². The van der Waals surface area contributed by atoms with Crippen LogP contribution >= 0.6 is 0 Å². The molecule has 0 spiro atoms. The van der Waals surface area contributed by atoms with Gasteiger partial charge in [-0.05, 0) is 34.1 Å². The number of pyridine rings is 1. The molecule has 19 heavy (non-hydrogen) atoms. The van der Waals surface area contributed by atoms with Crippen molar-refractivity contribution in [2.75, 3.05) is 0 Å². The maximum atomic E-state index is 2.27. The van der Waals surface area contributed by atoms with E-state index < -0.39 is 0 Å². The Labute approximate surface area is 116 Å². The van der Waals surface area contributed by atoms with Crippen LogP contribution in [-0.2, 0) is 7.05 Å². The zero-order chi connectivity index (χ0) is 14.0. The monoisotopic (exact) mass is 254 g/mol. The fourth-order valence-electron chi connectivity index (χ4n) is 2.55. The quantitative estimate of drug-likeness (QED) is 0.714. The van der Waals surface area contributed by atoms with Crippen LogP contribution < -0.4 is 4.57 Å². The van der Waals surface area contributed by atoms with Crippen LogP contribution in [0, 0.1) is 0 Å². The van der Waals surface area contributed by atoms with Gasteiger partial charge >= 0.3 is 0 Å². The third-order valence-corrected chi connectivity index (χ3v) is 3.64. The minimum absolute atomic E-state index is 0.544. The van der Waals surface area contributed by atoms with Crippen LogP contribution in [0.4, 0.5) is 0 Å². The van der Waals surface area contributed by atoms with E-state index in [2.05, 4.69) is 82.0 Å². The Bertz CT molecular complexity index is 524. The predicted molar refractivity (Wildman–Crippen MR) is 81.2 cm³/mol. The summed E-state index contributed by atoms with van der Waals surface area (Å²) in [7, 11) is 2.06. The van der Waals surface area contributed by atoms with E-state index in [0.717, 1.165) is 0 Å². The molecule has 1 aromatic carbocycles. The van der Waals surface area contributed by atoms with Gasteiger partial charge in [-0.1, -0.05) is 45.9 Å². The number of hydrogen-bond donors (Lipinski definition) is 0. The molecule has 2 rings (SSSR count). The van der Waals surface area contributed by atoms with Gasteiger partial charge in [0.1, 0.15) is 7.05 Å². The molecular formula is C18H24N+. The summed E-state index contributed by atoms with van der Waals surface area (Å²) in [6, 6.07) is 11.1. The Morgan fingerprint density at radius 2 is 1.26 bits per heavy atom. The van der Waals surface area contributed by atoms with Gasteiger partial charge in [-0.25, -0.2) is 4.57 Å². The van der Waals surface area contributed by atoms with Gasteiger partial charge in [-0.3, -0.25) is 0 Å². The van der Waals surface area contributed by atoms with Crippen molar-refractivity contribution in [3.05, 3.63) is 53.9 Å². The minimum atomic E-state index is 0.544. The maximum absolute atomic E-state index is 2.27. The first-order valence-electron chi connectivity index (χ1n) is 7.09. The van der Waals surface area contributed by atoms with E-state index in [1.807, 2.05) is 0 Å². The molecule has 100 valence electrons. The van der Waals surface area contributed by atoms with Crippen LogP contribution in [0.25, 0.3) is 11.1 Å². The summed E-state index contributed by atoms with van der Waals surface area (Å²) in [5.41, 5.74) is 5.64. The molecule has 0 N–H and O–H groups in total. The second-order valence-electron chi connectivity index (χ2n) is 5.87. The number of nitrogens with zero attached hydrogens (tertiary/aromatic N) is 1. The summed E-state index contributed by atoms with van der Waals surface area (Å²) in [4.78, 5) is 0. The molecule has 0 saturated carbocycles. The molecule has 2 aromatic rings. The van der Waals surface area contributed by atoms with E-state index >= 15 is 0 Å². The number of hydrogen-bond acceptors (Lipinski definition) is 0. The second-order valence-corrected chi connectivity index (χ2v) is 5.87. The molecule has 0 atom stereocenters. The summed E-state index contributed by atoms with van der Waals surface area (Å²) in [6.45, 7) is 9.08. The van der Waals surface area contributed by atoms with E-state index in [1.165, 1.54) is 22.3 Å². The maximum Gasteiger partial charge on any atom is 0.169 e. The molecule has 0 unspecified atom stereocenters. The molecule has 0 saturated heterocycles. The van der Waals surface area contributed by atoms with Gasteiger partial charge in [0.15, 0.2) is 12.4 Å². The third-order valence-electron chi connectivity index (χ3n) is 3.64. The van der Waals surface area contributed by atoms with Crippen molar-refractivity contribution in [1.82, 2.24) is 0 Å². The number of rotatable bonds is 3. The highest BCUT2D eigenvalue weighted by molar-refractivity contribution is 5.71. The molecule has 1 nitrogen and oxygen atoms in total. The smallest absolute Gasteiger partial charge is 0.169 e. The molecule has 1 heterocycles. The van der Waals surface area contributed by atoms with E-state index in [0.29, 0.717) is 11.8 Å². The van der Waals surface area contributed by atoms with Gasteiger partial charge in [-0.15, -0.1) is 0 Å². The Kier molecular flexibility index (Phi) is 4.04. The van der Waals surface area contributed by atoms with Gasteiger partial charge in [-0.2, -0.15) is 0 Å². The van der Waals surface area contributed by atoms with Crippen molar-refractivity contribution in [3.63, 3.8) is 0 Å². The van der Waals surface area contributed by atoms with Crippen LogP contribution in [0.3, 0.4) is 0 Å². The highest BCUT2D eigenvalue weighted by Crippen LogP contribution is 2.35. The van der Waals surface area contributed by atoms with E-state index in [4.69, 9.17) is 0 Å². The lowest BCUT2D eigenvalue weighted by Gasteiger charge is -2.19. The second kappa shape index (κ2) is 5.56. The van der Waals surface area contributed by atoms with Crippen molar-refractivity contribution in [3.8, 4) is 11.1 Å². The van der Waals surface area contributed by atoms with E-state index in [-0.39, 0.29) is 0 Å². The van der Waals surface area contributed by atoms with Gasteiger partial charge in [0.25, 0.3) is 0 Å². The first-order chi connectivity index (χ1) is 9.00. The molecule has 0 aliphatic rings. The summed E-state index contributed by atoms with van der Waals surface area (Å²) in [6.07, 6.45) is 4.24. The topological polar surface area (TPSA) is 3.88 Å². The van der Waals surface area contributed by atoms with Crippen LogP contribution in [0.5, 0.6) is 0 Å². The Morgan fingerprint density at radius 1 is 0.789 bits per heavy atom. The molecule has 1 heteroatoms. The number of aromatic nitrogens is 1. The van der Waals surface area contributed by atoms with E-state index in [1.54, 1.807) is 0 Å². The fourth-order valence-corrected chi connectivity index (χ4v) is 2.55. The largest absolute Gasteiger partial charge is 0.208 e. The van der Waals surface area contributed by atoms with Gasteiger partial charge < -0.3 is 0 Å². The van der Waals surface area contributed by atoms with Crippen molar-refractivity contribution < 1.29 is 4.57 Å². The zero-order valence-corrected chi connectivity index (χ0v) is 12.6. The highest BCUT2D eigenvalue weighted by atomic mass is 14.9. The van der Waals surface area contributed by atoms with Gasteiger partial charge in [0, 0.05) is 12.1 Å². The molecule has 0 radical (unpaired) electrons. The van der Waals surface area contributed by atoms with Crippen LogP contribution in [-0.4, -0.2) is 0 Å². The molecule has 0 amide bonds. The summed E-state index contributed by atoms with van der Waals surface area (Å²) in [5.74, 6) is 1.09. The zero-order valence-electron chi connectivity index (χ0n) is 12.6. The fraction of sp³-hybridized carbons (Fsp3) is 0.389. The van der Waals surface area contributed by atoms with Crippen LogP contribution in [0.15, 0.2) is 42.7 Å². The predicted octanol–water partition coefficient (Wildman–Crippen LogP) is 4.42. The summed E-state index contributed by atoms with van der Waals surface area (Å²) in [5, 5.41) is 0. The third kappa shape index (κ3) is 2.86. The van der Waals surface area contributed by atoms with Crippen molar-refractivity contribution in [1.29, 1.82) is 0 Å². The summed E-state index contributed by atoms with van der Waals surface area (Å²) >= 11 is 0. The Morgan fingerprint density at radius 3 is 1.68 bits per heavy atom. The average Bonchev–Trinajstić information content (AvgIpc) is 2.38. The van der Waals surface area contributed by atoms with Crippen LogP contribution in [0.1, 0.15) is 50.7 Å². The average molecular weight is 254 g/mol. The van der Waals surface area contributed by atoms with Crippen molar-refractivity contribution in [2.24, 2.45) is 7.05 Å². The van der Waals surface area contributed by atoms with Crippen LogP contribution in [0.2, 0.25) is 0 Å². The lowest BCUT2D eigenvalue weighted by Crippen LogP contribution is -2.25. The van der Waals surface area contributed by atoms with Gasteiger partial charge in [0.05, 0.1) is 0 Å². The van der Waals surface area contributed by atoms with Crippen molar-refractivity contribution in [2.45, 2.75) is 39.5 Å². The molecule has 0 aliphatic carbocycles. The molecular weight excluding hydrogens is 230 g/mol. The lowest BCUT2D eigenvalue weighted by molar-refractivity contribution is -0.671. The standard InChI is InChI=1S/C18H24N/c1-13(2)16-7-6-8-17(14(3)4)18(16)15-9-11-19(5)12-10-15/h6-14H,1-5H3/q+1. The molecule has 0 aliphatic heterocycles. The first-order valence-corrected chi connectivity index (χ1v) is 7.09. The van der Waals surface area contributed by atoms with Gasteiger partial charge in [0.2, 0.25) is 0 Å². The lowest BCUT2D eigenvalue weighted by atomic mass is 9.85.